The molecule has 8 heteroatoms. The van der Waals surface area contributed by atoms with Crippen LogP contribution in [0.1, 0.15) is 72.9 Å². The summed E-state index contributed by atoms with van der Waals surface area (Å²) in [6, 6.07) is 14.4. The molecule has 2 aromatic carbocycles. The maximum atomic E-state index is 13.6. The number of likely N-dealkylation sites (N-methyl/N-ethyl adjacent to an activating group) is 1. The number of rotatable bonds is 10. The number of aryl methyl sites for hydroxylation is 2. The largest absolute Gasteiger partial charge is 0.343 e. The maximum absolute atomic E-state index is 13.6. The Balaban J connectivity index is 1.39. The van der Waals surface area contributed by atoms with E-state index in [9.17, 15) is 18.0 Å². The van der Waals surface area contributed by atoms with Gasteiger partial charge in [-0.1, -0.05) is 54.7 Å². The molecule has 1 aliphatic heterocycles. The van der Waals surface area contributed by atoms with Crippen molar-refractivity contribution in [3.63, 3.8) is 0 Å². The van der Waals surface area contributed by atoms with E-state index in [0.717, 1.165) is 37.1 Å². The molecule has 1 aliphatic carbocycles. The predicted octanol–water partition coefficient (Wildman–Crippen LogP) is 5.28. The van der Waals surface area contributed by atoms with E-state index in [0.29, 0.717) is 31.0 Å². The lowest BCUT2D eigenvalue weighted by Gasteiger charge is -2.36. The lowest BCUT2D eigenvalue weighted by molar-refractivity contribution is -0.133. The van der Waals surface area contributed by atoms with Crippen molar-refractivity contribution in [1.29, 1.82) is 0 Å². The quantitative estimate of drug-likeness (QED) is 0.392. The van der Waals surface area contributed by atoms with Crippen LogP contribution >= 0.6 is 0 Å². The number of carbonyl (C=O) groups excluding carboxylic acids is 2. The Bertz CT molecular complexity index is 1250. The molecule has 0 atom stereocenters. The first-order valence-corrected chi connectivity index (χ1v) is 16.2. The fourth-order valence-corrected chi connectivity index (χ4v) is 7.11. The minimum absolute atomic E-state index is 0.0827. The number of sulfonamides is 1. The van der Waals surface area contributed by atoms with E-state index in [2.05, 4.69) is 0 Å². The SMILES string of the molecule is Cc1ccc(S(=O)(=O)N(C)CCN(CC2CCN(C(=O)CC3CCCCC3)CC2)C(=O)c2cccc(C)c2)cc1. The molecule has 2 aliphatic rings. The third kappa shape index (κ3) is 7.94. The monoisotopic (exact) mass is 567 g/mol. The molecule has 1 heterocycles. The van der Waals surface area contributed by atoms with Gasteiger partial charge in [0, 0.05) is 51.8 Å². The fraction of sp³-hybridized carbons (Fsp3) is 0.562. The molecule has 0 spiro atoms. The van der Waals surface area contributed by atoms with Crippen molar-refractivity contribution in [3.05, 3.63) is 65.2 Å². The van der Waals surface area contributed by atoms with Crippen molar-refractivity contribution in [2.24, 2.45) is 11.8 Å². The molecule has 2 amide bonds. The zero-order chi connectivity index (χ0) is 28.7. The molecule has 1 saturated heterocycles. The van der Waals surface area contributed by atoms with Gasteiger partial charge in [0.25, 0.3) is 5.91 Å². The molecular formula is C32H45N3O4S. The molecule has 0 N–H and O–H groups in total. The van der Waals surface area contributed by atoms with Crippen LogP contribution < -0.4 is 0 Å². The van der Waals surface area contributed by atoms with Gasteiger partial charge in [0.05, 0.1) is 4.90 Å². The molecule has 2 aromatic rings. The second-order valence-corrected chi connectivity index (χ2v) is 13.8. The molecular weight excluding hydrogens is 522 g/mol. The Morgan fingerprint density at radius 1 is 0.850 bits per heavy atom. The Morgan fingerprint density at radius 2 is 1.52 bits per heavy atom. The second-order valence-electron chi connectivity index (χ2n) is 11.8. The Kier molecular flexibility index (Phi) is 10.4. The molecule has 0 bridgehead atoms. The number of hydrogen-bond acceptors (Lipinski definition) is 4. The van der Waals surface area contributed by atoms with Crippen molar-refractivity contribution in [1.82, 2.24) is 14.1 Å². The van der Waals surface area contributed by atoms with Crippen LogP contribution in [0.2, 0.25) is 0 Å². The van der Waals surface area contributed by atoms with Crippen molar-refractivity contribution in [3.8, 4) is 0 Å². The van der Waals surface area contributed by atoms with Crippen LogP contribution in [-0.2, 0) is 14.8 Å². The van der Waals surface area contributed by atoms with Crippen molar-refractivity contribution in [2.75, 3.05) is 39.8 Å². The van der Waals surface area contributed by atoms with Crippen LogP contribution in [-0.4, -0.2) is 74.1 Å². The van der Waals surface area contributed by atoms with Gasteiger partial charge in [-0.25, -0.2) is 8.42 Å². The number of amides is 2. The average molecular weight is 568 g/mol. The van der Waals surface area contributed by atoms with Crippen LogP contribution in [0.5, 0.6) is 0 Å². The summed E-state index contributed by atoms with van der Waals surface area (Å²) in [6.07, 6.45) is 8.50. The van der Waals surface area contributed by atoms with E-state index in [1.807, 2.05) is 43.0 Å². The highest BCUT2D eigenvalue weighted by Gasteiger charge is 2.29. The summed E-state index contributed by atoms with van der Waals surface area (Å²) >= 11 is 0. The number of nitrogens with zero attached hydrogens (tertiary/aromatic N) is 3. The Morgan fingerprint density at radius 3 is 2.17 bits per heavy atom. The topological polar surface area (TPSA) is 78.0 Å². The van der Waals surface area contributed by atoms with Crippen LogP contribution in [0, 0.1) is 25.7 Å². The van der Waals surface area contributed by atoms with E-state index in [1.54, 1.807) is 36.2 Å². The van der Waals surface area contributed by atoms with Crippen molar-refractivity contribution < 1.29 is 18.0 Å². The van der Waals surface area contributed by atoms with Gasteiger partial charge in [0.1, 0.15) is 0 Å². The van der Waals surface area contributed by atoms with Crippen LogP contribution in [0.25, 0.3) is 0 Å². The summed E-state index contributed by atoms with van der Waals surface area (Å²) in [4.78, 5) is 30.6. The van der Waals surface area contributed by atoms with E-state index in [1.165, 1.54) is 36.4 Å². The lowest BCUT2D eigenvalue weighted by atomic mass is 9.86. The molecule has 4 rings (SSSR count). The third-order valence-electron chi connectivity index (χ3n) is 8.60. The van der Waals surface area contributed by atoms with Crippen molar-refractivity contribution >= 4 is 21.8 Å². The highest BCUT2D eigenvalue weighted by Crippen LogP contribution is 2.28. The van der Waals surface area contributed by atoms with Gasteiger partial charge in [-0.05, 0) is 75.6 Å². The van der Waals surface area contributed by atoms with Crippen molar-refractivity contribution in [2.45, 2.75) is 70.1 Å². The summed E-state index contributed by atoms with van der Waals surface area (Å²) < 4.78 is 27.7. The van der Waals surface area contributed by atoms with Crippen LogP contribution in [0.3, 0.4) is 0 Å². The Labute approximate surface area is 240 Å². The molecule has 40 heavy (non-hydrogen) atoms. The van der Waals surface area contributed by atoms with Gasteiger partial charge in [0.2, 0.25) is 15.9 Å². The molecule has 2 fully saturated rings. The smallest absolute Gasteiger partial charge is 0.253 e. The summed E-state index contributed by atoms with van der Waals surface area (Å²) in [6.45, 7) is 6.39. The maximum Gasteiger partial charge on any atom is 0.253 e. The minimum atomic E-state index is -3.66. The zero-order valence-electron chi connectivity index (χ0n) is 24.3. The highest BCUT2D eigenvalue weighted by atomic mass is 32.2. The second kappa shape index (κ2) is 13.8. The first-order valence-electron chi connectivity index (χ1n) is 14.8. The average Bonchev–Trinajstić information content (AvgIpc) is 2.95. The fourth-order valence-electron chi connectivity index (χ4n) is 5.95. The van der Waals surface area contributed by atoms with E-state index < -0.39 is 10.0 Å². The third-order valence-corrected chi connectivity index (χ3v) is 10.5. The predicted molar refractivity (Wildman–Crippen MR) is 159 cm³/mol. The first kappa shape index (κ1) is 30.3. The number of likely N-dealkylation sites (tertiary alicyclic amines) is 1. The van der Waals surface area contributed by atoms with Gasteiger partial charge in [-0.2, -0.15) is 4.31 Å². The van der Waals surface area contributed by atoms with Gasteiger partial charge in [-0.3, -0.25) is 9.59 Å². The highest BCUT2D eigenvalue weighted by molar-refractivity contribution is 7.89. The van der Waals surface area contributed by atoms with E-state index in [-0.39, 0.29) is 29.2 Å². The normalized spacial score (nSPS) is 17.2. The Hall–Kier alpha value is -2.71. The molecule has 0 unspecified atom stereocenters. The van der Waals surface area contributed by atoms with Crippen LogP contribution in [0.15, 0.2) is 53.4 Å². The summed E-state index contributed by atoms with van der Waals surface area (Å²) in [7, 11) is -2.09. The lowest BCUT2D eigenvalue weighted by Crippen LogP contribution is -2.45. The standard InChI is InChI=1S/C32H45N3O4S/c1-25-12-14-30(15-13-25)40(38,39)33(3)20-21-35(32(37)29-11-7-8-26(2)22-29)24-28-16-18-34(19-17-28)31(36)23-27-9-5-4-6-10-27/h7-8,11-15,22,27-28H,4-6,9-10,16-21,23-24H2,1-3H3. The molecule has 7 nitrogen and oxygen atoms in total. The molecule has 218 valence electrons. The van der Waals surface area contributed by atoms with Gasteiger partial charge >= 0.3 is 0 Å². The van der Waals surface area contributed by atoms with E-state index in [4.69, 9.17) is 0 Å². The number of piperidine rings is 1. The summed E-state index contributed by atoms with van der Waals surface area (Å²) in [5, 5.41) is 0. The van der Waals surface area contributed by atoms with Gasteiger partial charge < -0.3 is 9.80 Å². The number of carbonyl (C=O) groups is 2. The summed E-state index contributed by atoms with van der Waals surface area (Å²) in [5.74, 6) is 1.00. The summed E-state index contributed by atoms with van der Waals surface area (Å²) in [5.41, 5.74) is 2.62. The minimum Gasteiger partial charge on any atom is -0.343 e. The van der Waals surface area contributed by atoms with Gasteiger partial charge in [0.15, 0.2) is 0 Å². The van der Waals surface area contributed by atoms with E-state index >= 15 is 0 Å². The molecule has 0 aromatic heterocycles. The van der Waals surface area contributed by atoms with Gasteiger partial charge in [-0.15, -0.1) is 0 Å². The molecule has 0 radical (unpaired) electrons. The number of hydrogen-bond donors (Lipinski definition) is 0. The van der Waals surface area contributed by atoms with Crippen LogP contribution in [0.4, 0.5) is 0 Å². The molecule has 1 saturated carbocycles. The zero-order valence-corrected chi connectivity index (χ0v) is 25.2. The first-order chi connectivity index (χ1) is 19.1. The number of benzene rings is 2.